The second kappa shape index (κ2) is 4.59. The molecule has 0 bridgehead atoms. The number of nitrogens with zero attached hydrogens (tertiary/aromatic N) is 2. The van der Waals surface area contributed by atoms with Crippen LogP contribution in [0, 0.1) is 0 Å². The molecule has 4 aromatic rings. The van der Waals surface area contributed by atoms with Crippen LogP contribution in [0.2, 0.25) is 0 Å². The van der Waals surface area contributed by atoms with Gasteiger partial charge in [0.1, 0.15) is 0 Å². The molecule has 22 heavy (non-hydrogen) atoms. The Morgan fingerprint density at radius 2 is 1.82 bits per heavy atom. The van der Waals surface area contributed by atoms with Gasteiger partial charge in [0, 0.05) is 5.56 Å². The van der Waals surface area contributed by atoms with Gasteiger partial charge in [-0.15, -0.1) is 0 Å². The lowest BCUT2D eigenvalue weighted by Crippen LogP contribution is -2.12. The molecule has 2 aromatic heterocycles. The number of para-hydroxylation sites is 2. The molecule has 1 amide bonds. The third-order valence-corrected chi connectivity index (χ3v) is 3.38. The van der Waals surface area contributed by atoms with Crippen LogP contribution >= 0.6 is 0 Å². The third-order valence-electron chi connectivity index (χ3n) is 3.38. The van der Waals surface area contributed by atoms with E-state index in [1.807, 2.05) is 24.3 Å². The first kappa shape index (κ1) is 12.4. The van der Waals surface area contributed by atoms with Crippen molar-refractivity contribution in [2.45, 2.75) is 0 Å². The molecular weight excluding hydrogens is 280 g/mol. The summed E-state index contributed by atoms with van der Waals surface area (Å²) < 4.78 is 0. The Morgan fingerprint density at radius 3 is 2.68 bits per heavy atom. The number of aromatic nitrogens is 4. The Balaban J connectivity index is 1.64. The molecule has 0 aliphatic rings. The maximum atomic E-state index is 12.3. The molecule has 0 saturated carbocycles. The van der Waals surface area contributed by atoms with E-state index in [0.717, 1.165) is 16.6 Å². The van der Waals surface area contributed by atoms with E-state index < -0.39 is 0 Å². The summed E-state index contributed by atoms with van der Waals surface area (Å²) in [5, 5.41) is 2.74. The average Bonchev–Trinajstić information content (AvgIpc) is 3.07. The number of amides is 1. The van der Waals surface area contributed by atoms with Crippen LogP contribution in [-0.4, -0.2) is 25.8 Å². The highest BCUT2D eigenvalue weighted by Gasteiger charge is 2.11. The number of nitrogens with one attached hydrogen (secondary N) is 3. The van der Waals surface area contributed by atoms with Crippen molar-refractivity contribution in [1.82, 2.24) is 19.9 Å². The molecule has 7 heteroatoms. The van der Waals surface area contributed by atoms with Gasteiger partial charge in [0.05, 0.1) is 22.1 Å². The van der Waals surface area contributed by atoms with Crippen molar-refractivity contribution in [3.05, 3.63) is 48.0 Å². The number of hydrogen-bond donors (Lipinski definition) is 4. The summed E-state index contributed by atoms with van der Waals surface area (Å²) in [6.07, 6.45) is 0. The minimum absolute atomic E-state index is 0.262. The molecular formula is C15H12N6O. The van der Waals surface area contributed by atoms with Crippen LogP contribution in [0.3, 0.4) is 0 Å². The number of H-pyrrole nitrogens is 2. The van der Waals surface area contributed by atoms with E-state index in [2.05, 4.69) is 25.3 Å². The maximum absolute atomic E-state index is 12.3. The van der Waals surface area contributed by atoms with Gasteiger partial charge in [-0.05, 0) is 30.3 Å². The van der Waals surface area contributed by atoms with E-state index in [-0.39, 0.29) is 5.91 Å². The summed E-state index contributed by atoms with van der Waals surface area (Å²) in [5.41, 5.74) is 9.19. The number of carbonyl (C=O) groups excluding carboxylic acids is 1. The first-order valence-corrected chi connectivity index (χ1v) is 6.70. The van der Waals surface area contributed by atoms with E-state index in [0.29, 0.717) is 23.0 Å². The molecule has 4 rings (SSSR count). The molecule has 2 aromatic carbocycles. The fourth-order valence-electron chi connectivity index (χ4n) is 2.36. The monoisotopic (exact) mass is 292 g/mol. The zero-order chi connectivity index (χ0) is 15.1. The molecule has 2 heterocycles. The van der Waals surface area contributed by atoms with E-state index in [4.69, 9.17) is 5.73 Å². The normalized spacial score (nSPS) is 11.1. The first-order chi connectivity index (χ1) is 10.7. The van der Waals surface area contributed by atoms with E-state index >= 15 is 0 Å². The molecule has 0 aliphatic carbocycles. The number of hydrogen-bond acceptors (Lipinski definition) is 4. The number of aromatic amines is 2. The summed E-state index contributed by atoms with van der Waals surface area (Å²) >= 11 is 0. The topological polar surface area (TPSA) is 112 Å². The Hall–Kier alpha value is -3.35. The van der Waals surface area contributed by atoms with Crippen molar-refractivity contribution in [2.24, 2.45) is 0 Å². The quantitative estimate of drug-likeness (QED) is 0.454. The minimum atomic E-state index is -0.262. The van der Waals surface area contributed by atoms with Gasteiger partial charge >= 0.3 is 0 Å². The standard InChI is InChI=1S/C15H12N6O/c16-14-17-11-6-5-8(7-12(11)18-14)13(22)21-15-19-9-3-1-2-4-10(9)20-15/h1-7H,(H3,16,17,18)(H2,19,20,21,22). The molecule has 0 saturated heterocycles. The average molecular weight is 292 g/mol. The Labute approximate surface area is 124 Å². The van der Waals surface area contributed by atoms with Crippen LogP contribution in [0.4, 0.5) is 11.9 Å². The van der Waals surface area contributed by atoms with Crippen LogP contribution in [0.1, 0.15) is 10.4 Å². The predicted octanol–water partition coefficient (Wildman–Crippen LogP) is 2.27. The third kappa shape index (κ3) is 2.05. The Kier molecular flexibility index (Phi) is 2.59. The molecule has 0 unspecified atom stereocenters. The SMILES string of the molecule is Nc1nc2cc(C(=O)Nc3nc4ccccc4[nH]3)ccc2[nH]1. The second-order valence-electron chi connectivity index (χ2n) is 4.91. The number of benzene rings is 2. The second-order valence-corrected chi connectivity index (χ2v) is 4.91. The highest BCUT2D eigenvalue weighted by molar-refractivity contribution is 6.05. The Bertz CT molecular complexity index is 967. The molecule has 0 atom stereocenters. The van der Waals surface area contributed by atoms with Crippen molar-refractivity contribution >= 4 is 39.9 Å². The van der Waals surface area contributed by atoms with Gasteiger partial charge < -0.3 is 15.7 Å². The van der Waals surface area contributed by atoms with Gasteiger partial charge in [0.25, 0.3) is 5.91 Å². The largest absolute Gasteiger partial charge is 0.369 e. The van der Waals surface area contributed by atoms with E-state index in [1.165, 1.54) is 0 Å². The number of carbonyl (C=O) groups is 1. The summed E-state index contributed by atoms with van der Waals surface area (Å²) in [5.74, 6) is 0.472. The van der Waals surface area contributed by atoms with Crippen LogP contribution in [0.15, 0.2) is 42.5 Å². The first-order valence-electron chi connectivity index (χ1n) is 6.70. The lowest BCUT2D eigenvalue weighted by molar-refractivity contribution is 0.102. The van der Waals surface area contributed by atoms with Crippen LogP contribution in [-0.2, 0) is 0 Å². The highest BCUT2D eigenvalue weighted by atomic mass is 16.1. The van der Waals surface area contributed by atoms with Crippen molar-refractivity contribution in [1.29, 1.82) is 0 Å². The number of nitrogens with two attached hydrogens (primary N) is 1. The van der Waals surface area contributed by atoms with Gasteiger partial charge in [0.15, 0.2) is 5.95 Å². The number of imidazole rings is 2. The lowest BCUT2D eigenvalue weighted by Gasteiger charge is -2.01. The zero-order valence-electron chi connectivity index (χ0n) is 11.4. The predicted molar refractivity (Wildman–Crippen MR) is 84.6 cm³/mol. The number of rotatable bonds is 2. The smallest absolute Gasteiger partial charge is 0.258 e. The van der Waals surface area contributed by atoms with Gasteiger partial charge in [0.2, 0.25) is 5.95 Å². The fourth-order valence-corrected chi connectivity index (χ4v) is 2.36. The van der Waals surface area contributed by atoms with Gasteiger partial charge in [-0.3, -0.25) is 10.1 Å². The lowest BCUT2D eigenvalue weighted by atomic mass is 10.2. The highest BCUT2D eigenvalue weighted by Crippen LogP contribution is 2.17. The van der Waals surface area contributed by atoms with E-state index in [9.17, 15) is 4.79 Å². The van der Waals surface area contributed by atoms with Gasteiger partial charge in [-0.25, -0.2) is 9.97 Å². The number of nitrogen functional groups attached to an aromatic ring is 1. The van der Waals surface area contributed by atoms with Crippen molar-refractivity contribution < 1.29 is 4.79 Å². The summed E-state index contributed by atoms with van der Waals surface area (Å²) in [7, 11) is 0. The van der Waals surface area contributed by atoms with Crippen LogP contribution < -0.4 is 11.1 Å². The molecule has 5 N–H and O–H groups in total. The molecule has 0 spiro atoms. The zero-order valence-corrected chi connectivity index (χ0v) is 11.4. The van der Waals surface area contributed by atoms with Crippen molar-refractivity contribution in [3.8, 4) is 0 Å². The summed E-state index contributed by atoms with van der Waals surface area (Å²) in [6.45, 7) is 0. The molecule has 108 valence electrons. The molecule has 0 aliphatic heterocycles. The maximum Gasteiger partial charge on any atom is 0.258 e. The van der Waals surface area contributed by atoms with Crippen molar-refractivity contribution in [2.75, 3.05) is 11.1 Å². The molecule has 0 radical (unpaired) electrons. The summed E-state index contributed by atoms with van der Waals surface area (Å²) in [6, 6.07) is 12.7. The van der Waals surface area contributed by atoms with Gasteiger partial charge in [-0.2, -0.15) is 0 Å². The summed E-state index contributed by atoms with van der Waals surface area (Å²) in [4.78, 5) is 26.7. The minimum Gasteiger partial charge on any atom is -0.369 e. The fraction of sp³-hybridized carbons (Fsp3) is 0. The molecule has 0 fully saturated rings. The number of fused-ring (bicyclic) bond motifs is 2. The van der Waals surface area contributed by atoms with Crippen molar-refractivity contribution in [3.63, 3.8) is 0 Å². The Morgan fingerprint density at radius 1 is 1.00 bits per heavy atom. The van der Waals surface area contributed by atoms with Gasteiger partial charge in [-0.1, -0.05) is 12.1 Å². The van der Waals surface area contributed by atoms with Crippen LogP contribution in [0.25, 0.3) is 22.1 Å². The molecule has 7 nitrogen and oxygen atoms in total. The van der Waals surface area contributed by atoms with Crippen LogP contribution in [0.5, 0.6) is 0 Å². The number of anilines is 2. The van der Waals surface area contributed by atoms with E-state index in [1.54, 1.807) is 18.2 Å².